The maximum Gasteiger partial charge on any atom is 0.221 e. The van der Waals surface area contributed by atoms with Crippen molar-refractivity contribution in [1.29, 1.82) is 0 Å². The van der Waals surface area contributed by atoms with E-state index in [1.807, 2.05) is 13.1 Å². The SMILES string of the molecule is Cc1cnc2c(c1)nc(C1CCCCC1)n2CCC(=O)NCCN. The number of aryl methyl sites for hydroxylation is 2. The smallest absolute Gasteiger partial charge is 0.221 e. The van der Waals surface area contributed by atoms with E-state index < -0.39 is 0 Å². The van der Waals surface area contributed by atoms with E-state index in [1.165, 1.54) is 32.1 Å². The van der Waals surface area contributed by atoms with E-state index in [-0.39, 0.29) is 5.91 Å². The van der Waals surface area contributed by atoms with E-state index in [1.54, 1.807) is 0 Å². The van der Waals surface area contributed by atoms with Gasteiger partial charge in [0.2, 0.25) is 5.91 Å². The third kappa shape index (κ3) is 3.75. The average Bonchev–Trinajstić information content (AvgIpc) is 2.96. The molecule has 0 spiro atoms. The van der Waals surface area contributed by atoms with Crippen LogP contribution in [0, 0.1) is 6.92 Å². The Bertz CT molecular complexity index is 703. The van der Waals surface area contributed by atoms with Crippen LogP contribution in [0.5, 0.6) is 0 Å². The van der Waals surface area contributed by atoms with Gasteiger partial charge in [-0.1, -0.05) is 19.3 Å². The number of amides is 1. The van der Waals surface area contributed by atoms with Crippen molar-refractivity contribution in [3.8, 4) is 0 Å². The van der Waals surface area contributed by atoms with Crippen LogP contribution in [0.15, 0.2) is 12.3 Å². The van der Waals surface area contributed by atoms with Crippen LogP contribution in [0.2, 0.25) is 0 Å². The highest BCUT2D eigenvalue weighted by Gasteiger charge is 2.23. The molecule has 0 radical (unpaired) electrons. The molecule has 0 aliphatic heterocycles. The number of aromatic nitrogens is 3. The number of carbonyl (C=O) groups is 1. The zero-order valence-corrected chi connectivity index (χ0v) is 14.4. The van der Waals surface area contributed by atoms with Crippen LogP contribution in [0.3, 0.4) is 0 Å². The molecular formula is C18H27N5O. The molecule has 3 rings (SSSR count). The topological polar surface area (TPSA) is 85.8 Å². The van der Waals surface area contributed by atoms with Crippen LogP contribution in [0.1, 0.15) is 55.8 Å². The number of carbonyl (C=O) groups excluding carboxylic acids is 1. The van der Waals surface area contributed by atoms with Gasteiger partial charge in [0, 0.05) is 38.2 Å². The second-order valence-corrected chi connectivity index (χ2v) is 6.70. The Kier molecular flexibility index (Phi) is 5.45. The summed E-state index contributed by atoms with van der Waals surface area (Å²) in [6, 6.07) is 2.08. The number of nitrogens with zero attached hydrogens (tertiary/aromatic N) is 3. The minimum absolute atomic E-state index is 0.0315. The van der Waals surface area contributed by atoms with Gasteiger partial charge in [-0.2, -0.15) is 0 Å². The highest BCUT2D eigenvalue weighted by molar-refractivity contribution is 5.76. The van der Waals surface area contributed by atoms with E-state index in [0.717, 1.165) is 22.6 Å². The lowest BCUT2D eigenvalue weighted by Gasteiger charge is -2.22. The zero-order chi connectivity index (χ0) is 16.9. The lowest BCUT2D eigenvalue weighted by atomic mass is 9.88. The van der Waals surface area contributed by atoms with Crippen molar-refractivity contribution in [2.75, 3.05) is 13.1 Å². The average molecular weight is 329 g/mol. The summed E-state index contributed by atoms with van der Waals surface area (Å²) in [6.45, 7) is 3.64. The molecule has 24 heavy (non-hydrogen) atoms. The third-order valence-electron chi connectivity index (χ3n) is 4.75. The monoisotopic (exact) mass is 329 g/mol. The molecule has 1 fully saturated rings. The van der Waals surface area contributed by atoms with Crippen LogP contribution < -0.4 is 11.1 Å². The Labute approximate surface area is 142 Å². The highest BCUT2D eigenvalue weighted by Crippen LogP contribution is 2.33. The Morgan fingerprint density at radius 1 is 1.38 bits per heavy atom. The molecule has 6 heteroatoms. The normalized spacial score (nSPS) is 15.8. The van der Waals surface area contributed by atoms with Crippen molar-refractivity contribution in [1.82, 2.24) is 19.9 Å². The predicted molar refractivity (Wildman–Crippen MR) is 94.8 cm³/mol. The number of nitrogens with two attached hydrogens (primary N) is 1. The summed E-state index contributed by atoms with van der Waals surface area (Å²) in [5, 5.41) is 2.83. The minimum Gasteiger partial charge on any atom is -0.355 e. The first kappa shape index (κ1) is 16.9. The van der Waals surface area contributed by atoms with Gasteiger partial charge in [-0.05, 0) is 31.4 Å². The molecule has 0 unspecified atom stereocenters. The van der Waals surface area contributed by atoms with Gasteiger partial charge in [-0.25, -0.2) is 9.97 Å². The Hall–Kier alpha value is -1.95. The highest BCUT2D eigenvalue weighted by atomic mass is 16.1. The maximum atomic E-state index is 12.0. The van der Waals surface area contributed by atoms with Gasteiger partial charge >= 0.3 is 0 Å². The largest absolute Gasteiger partial charge is 0.355 e. The zero-order valence-electron chi connectivity index (χ0n) is 14.4. The van der Waals surface area contributed by atoms with Crippen LogP contribution in [-0.2, 0) is 11.3 Å². The molecule has 6 nitrogen and oxygen atoms in total. The molecule has 0 saturated heterocycles. The second-order valence-electron chi connectivity index (χ2n) is 6.70. The van der Waals surface area contributed by atoms with E-state index in [9.17, 15) is 4.79 Å². The van der Waals surface area contributed by atoms with E-state index in [4.69, 9.17) is 10.7 Å². The number of hydrogen-bond acceptors (Lipinski definition) is 4. The summed E-state index contributed by atoms with van der Waals surface area (Å²) in [7, 11) is 0. The summed E-state index contributed by atoms with van der Waals surface area (Å²) >= 11 is 0. The molecule has 1 saturated carbocycles. The van der Waals surface area contributed by atoms with Crippen molar-refractivity contribution >= 4 is 17.1 Å². The molecule has 2 aromatic heterocycles. The fourth-order valence-corrected chi connectivity index (χ4v) is 3.54. The summed E-state index contributed by atoms with van der Waals surface area (Å²) in [5.41, 5.74) is 8.39. The summed E-state index contributed by atoms with van der Waals surface area (Å²) in [6.07, 6.45) is 8.51. The summed E-state index contributed by atoms with van der Waals surface area (Å²) in [5.74, 6) is 1.62. The first-order chi connectivity index (χ1) is 11.7. The molecule has 2 heterocycles. The Morgan fingerprint density at radius 2 is 2.17 bits per heavy atom. The first-order valence-corrected chi connectivity index (χ1v) is 8.98. The van der Waals surface area contributed by atoms with Gasteiger partial charge in [0.05, 0.1) is 0 Å². The molecule has 1 amide bonds. The van der Waals surface area contributed by atoms with E-state index >= 15 is 0 Å². The van der Waals surface area contributed by atoms with E-state index in [2.05, 4.69) is 20.9 Å². The fraction of sp³-hybridized carbons (Fsp3) is 0.611. The van der Waals surface area contributed by atoms with Gasteiger partial charge in [-0.15, -0.1) is 0 Å². The van der Waals surface area contributed by atoms with Gasteiger partial charge in [-0.3, -0.25) is 4.79 Å². The van der Waals surface area contributed by atoms with Crippen molar-refractivity contribution < 1.29 is 4.79 Å². The fourth-order valence-electron chi connectivity index (χ4n) is 3.54. The molecule has 2 aromatic rings. The minimum atomic E-state index is 0.0315. The van der Waals surface area contributed by atoms with Gasteiger partial charge in [0.1, 0.15) is 11.3 Å². The van der Waals surface area contributed by atoms with Gasteiger partial charge < -0.3 is 15.6 Å². The molecular weight excluding hydrogens is 302 g/mol. The quantitative estimate of drug-likeness (QED) is 0.851. The molecule has 0 bridgehead atoms. The predicted octanol–water partition coefficient (Wildman–Crippen LogP) is 2.25. The Morgan fingerprint density at radius 3 is 2.92 bits per heavy atom. The van der Waals surface area contributed by atoms with Crippen molar-refractivity contribution in [2.45, 2.75) is 57.9 Å². The van der Waals surface area contributed by atoms with Gasteiger partial charge in [0.25, 0.3) is 0 Å². The molecule has 1 aliphatic rings. The number of nitrogens with one attached hydrogen (secondary N) is 1. The van der Waals surface area contributed by atoms with Crippen molar-refractivity contribution in [3.63, 3.8) is 0 Å². The third-order valence-corrected chi connectivity index (χ3v) is 4.75. The molecule has 0 atom stereocenters. The van der Waals surface area contributed by atoms with Crippen molar-refractivity contribution in [2.24, 2.45) is 5.73 Å². The number of hydrogen-bond donors (Lipinski definition) is 2. The molecule has 3 N–H and O–H groups in total. The van der Waals surface area contributed by atoms with Crippen LogP contribution in [0.4, 0.5) is 0 Å². The summed E-state index contributed by atoms with van der Waals surface area (Å²) < 4.78 is 2.16. The number of rotatable bonds is 6. The van der Waals surface area contributed by atoms with Crippen LogP contribution in [0.25, 0.3) is 11.2 Å². The lowest BCUT2D eigenvalue weighted by molar-refractivity contribution is -0.121. The number of pyridine rings is 1. The van der Waals surface area contributed by atoms with E-state index in [0.29, 0.717) is 32.0 Å². The second kappa shape index (κ2) is 7.75. The molecule has 130 valence electrons. The Balaban J connectivity index is 1.86. The van der Waals surface area contributed by atoms with Crippen LogP contribution >= 0.6 is 0 Å². The molecule has 0 aromatic carbocycles. The number of fused-ring (bicyclic) bond motifs is 1. The van der Waals surface area contributed by atoms with Crippen molar-refractivity contribution in [3.05, 3.63) is 23.7 Å². The van der Waals surface area contributed by atoms with Crippen LogP contribution in [-0.4, -0.2) is 33.5 Å². The standard InChI is InChI=1S/C18H27N5O/c1-13-11-15-18(21-12-13)23(10-7-16(24)20-9-8-19)17(22-15)14-5-3-2-4-6-14/h11-12,14H,2-10,19H2,1H3,(H,20,24). The maximum absolute atomic E-state index is 12.0. The molecule has 1 aliphatic carbocycles. The lowest BCUT2D eigenvalue weighted by Crippen LogP contribution is -2.29. The van der Waals surface area contributed by atoms with Gasteiger partial charge in [0.15, 0.2) is 5.65 Å². The first-order valence-electron chi connectivity index (χ1n) is 8.98. The summed E-state index contributed by atoms with van der Waals surface area (Å²) in [4.78, 5) is 21.4. The number of imidazole rings is 1.